The predicted molar refractivity (Wildman–Crippen MR) is 83.0 cm³/mol. The molecule has 3 nitrogen and oxygen atoms in total. The molecule has 1 amide bonds. The molecule has 0 saturated heterocycles. The normalized spacial score (nSPS) is 19.6. The van der Waals surface area contributed by atoms with Crippen molar-refractivity contribution in [3.05, 3.63) is 64.4 Å². The average molecular weight is 320 g/mol. The molecule has 1 fully saturated rings. The van der Waals surface area contributed by atoms with Gasteiger partial charge in [0.15, 0.2) is 0 Å². The summed E-state index contributed by atoms with van der Waals surface area (Å²) in [5.74, 6) is 0.315. The molecule has 3 rings (SSSR count). The summed E-state index contributed by atoms with van der Waals surface area (Å²) in [4.78, 5) is 12.2. The second-order valence-electron chi connectivity index (χ2n) is 5.29. The van der Waals surface area contributed by atoms with Crippen LogP contribution in [-0.4, -0.2) is 19.1 Å². The number of methoxy groups -OCH3 is 1. The summed E-state index contributed by atoms with van der Waals surface area (Å²) in [6.45, 7) is 0. The Morgan fingerprint density at radius 2 is 2.09 bits per heavy atom. The predicted octanol–water partition coefficient (Wildman–Crippen LogP) is 3.77. The zero-order valence-electron chi connectivity index (χ0n) is 12.0. The van der Waals surface area contributed by atoms with E-state index in [2.05, 4.69) is 5.32 Å². The third-order valence-electron chi connectivity index (χ3n) is 3.82. The van der Waals surface area contributed by atoms with Crippen molar-refractivity contribution in [2.75, 3.05) is 7.11 Å². The van der Waals surface area contributed by atoms with Gasteiger partial charge in [0.1, 0.15) is 11.6 Å². The number of ether oxygens (including phenoxy) is 1. The van der Waals surface area contributed by atoms with Crippen LogP contribution >= 0.6 is 11.6 Å². The van der Waals surface area contributed by atoms with E-state index in [9.17, 15) is 9.18 Å². The second kappa shape index (κ2) is 5.97. The first-order chi connectivity index (χ1) is 10.6. The van der Waals surface area contributed by atoms with E-state index >= 15 is 0 Å². The highest BCUT2D eigenvalue weighted by Gasteiger charge is 2.41. The minimum Gasteiger partial charge on any atom is -0.496 e. The van der Waals surface area contributed by atoms with E-state index in [1.807, 2.05) is 24.3 Å². The van der Waals surface area contributed by atoms with Gasteiger partial charge in [0, 0.05) is 12.0 Å². The lowest BCUT2D eigenvalue weighted by atomic mass is 10.1. The van der Waals surface area contributed by atoms with Crippen molar-refractivity contribution >= 4 is 17.5 Å². The van der Waals surface area contributed by atoms with Crippen LogP contribution in [0.15, 0.2) is 42.5 Å². The molecule has 0 radical (unpaired) electrons. The highest BCUT2D eigenvalue weighted by atomic mass is 35.5. The molecule has 0 aliphatic heterocycles. The van der Waals surface area contributed by atoms with Gasteiger partial charge < -0.3 is 10.1 Å². The zero-order chi connectivity index (χ0) is 15.7. The number of benzene rings is 2. The van der Waals surface area contributed by atoms with E-state index in [-0.39, 0.29) is 28.5 Å². The first-order valence-corrected chi connectivity index (χ1v) is 7.36. The quantitative estimate of drug-likeness (QED) is 0.931. The van der Waals surface area contributed by atoms with Crippen LogP contribution in [0, 0.1) is 5.82 Å². The summed E-state index contributed by atoms with van der Waals surface area (Å²) in [5.41, 5.74) is 1.37. The molecular weight excluding hydrogens is 305 g/mol. The van der Waals surface area contributed by atoms with Gasteiger partial charge in [-0.3, -0.25) is 4.79 Å². The molecule has 114 valence electrons. The monoisotopic (exact) mass is 319 g/mol. The Morgan fingerprint density at radius 1 is 1.32 bits per heavy atom. The fourth-order valence-corrected chi connectivity index (χ4v) is 2.84. The van der Waals surface area contributed by atoms with E-state index in [0.717, 1.165) is 23.8 Å². The van der Waals surface area contributed by atoms with Gasteiger partial charge in [0.2, 0.25) is 0 Å². The number of nitrogens with one attached hydrogen (secondary N) is 1. The fourth-order valence-electron chi connectivity index (χ4n) is 2.59. The van der Waals surface area contributed by atoms with E-state index in [1.54, 1.807) is 7.11 Å². The molecule has 2 aromatic rings. The lowest BCUT2D eigenvalue weighted by molar-refractivity contribution is 0.0950. The van der Waals surface area contributed by atoms with Gasteiger partial charge in [-0.2, -0.15) is 0 Å². The zero-order valence-corrected chi connectivity index (χ0v) is 12.7. The number of halogens is 2. The van der Waals surface area contributed by atoms with Gasteiger partial charge in [0.05, 0.1) is 17.7 Å². The number of amides is 1. The molecule has 5 heteroatoms. The van der Waals surface area contributed by atoms with Crippen molar-refractivity contribution in [2.24, 2.45) is 0 Å². The van der Waals surface area contributed by atoms with Crippen LogP contribution in [0.25, 0.3) is 0 Å². The van der Waals surface area contributed by atoms with Crippen LogP contribution in [0.2, 0.25) is 5.02 Å². The summed E-state index contributed by atoms with van der Waals surface area (Å²) in [5, 5.41) is 3.05. The van der Waals surface area contributed by atoms with Gasteiger partial charge in [-0.05, 0) is 36.2 Å². The van der Waals surface area contributed by atoms with E-state index in [1.165, 1.54) is 12.1 Å². The maximum absolute atomic E-state index is 13.0. The van der Waals surface area contributed by atoms with Crippen LogP contribution < -0.4 is 10.1 Å². The number of para-hydroxylation sites is 1. The number of carbonyl (C=O) groups is 1. The van der Waals surface area contributed by atoms with Gasteiger partial charge in [0.25, 0.3) is 5.91 Å². The number of hydrogen-bond donors (Lipinski definition) is 1. The molecule has 2 unspecified atom stereocenters. The standard InChI is InChI=1S/C17H15ClFNO2/c1-22-16-5-3-2-4-11(16)13-9-15(13)20-17(21)12-7-6-10(19)8-14(12)18/h2-8,13,15H,9H2,1H3,(H,20,21). The number of hydrogen-bond acceptors (Lipinski definition) is 2. The largest absolute Gasteiger partial charge is 0.496 e. The van der Waals surface area contributed by atoms with E-state index in [0.29, 0.717) is 0 Å². The van der Waals surface area contributed by atoms with Crippen LogP contribution in [-0.2, 0) is 0 Å². The van der Waals surface area contributed by atoms with Gasteiger partial charge in [-0.1, -0.05) is 29.8 Å². The molecule has 0 bridgehead atoms. The van der Waals surface area contributed by atoms with Gasteiger partial charge in [-0.15, -0.1) is 0 Å². The molecule has 1 aliphatic rings. The third-order valence-corrected chi connectivity index (χ3v) is 4.13. The maximum Gasteiger partial charge on any atom is 0.253 e. The van der Waals surface area contributed by atoms with E-state index in [4.69, 9.17) is 16.3 Å². The summed E-state index contributed by atoms with van der Waals surface area (Å²) < 4.78 is 18.4. The Balaban J connectivity index is 1.69. The van der Waals surface area contributed by atoms with Crippen molar-refractivity contribution in [3.63, 3.8) is 0 Å². The van der Waals surface area contributed by atoms with E-state index < -0.39 is 5.82 Å². The minimum absolute atomic E-state index is 0.0462. The highest BCUT2D eigenvalue weighted by Crippen LogP contribution is 2.44. The summed E-state index contributed by atoms with van der Waals surface area (Å²) in [7, 11) is 1.63. The molecule has 1 saturated carbocycles. The Morgan fingerprint density at radius 3 is 2.82 bits per heavy atom. The summed E-state index contributed by atoms with van der Waals surface area (Å²) >= 11 is 5.91. The van der Waals surface area contributed by atoms with Crippen molar-refractivity contribution < 1.29 is 13.9 Å². The second-order valence-corrected chi connectivity index (χ2v) is 5.70. The molecular formula is C17H15ClFNO2. The lowest BCUT2D eigenvalue weighted by Crippen LogP contribution is -2.26. The Labute approximate surface area is 133 Å². The number of rotatable bonds is 4. The van der Waals surface area contributed by atoms with Crippen LogP contribution in [0.5, 0.6) is 5.75 Å². The van der Waals surface area contributed by atoms with Crippen molar-refractivity contribution in [3.8, 4) is 5.75 Å². The minimum atomic E-state index is -0.458. The molecule has 22 heavy (non-hydrogen) atoms. The van der Waals surface area contributed by atoms with Gasteiger partial charge in [-0.25, -0.2) is 4.39 Å². The molecule has 1 N–H and O–H groups in total. The Kier molecular flexibility index (Phi) is 4.03. The molecule has 0 aromatic heterocycles. The Bertz CT molecular complexity index is 720. The summed E-state index contributed by atoms with van der Waals surface area (Å²) in [6, 6.07) is 11.6. The van der Waals surface area contributed by atoms with Gasteiger partial charge >= 0.3 is 0 Å². The smallest absolute Gasteiger partial charge is 0.253 e. The van der Waals surface area contributed by atoms with Crippen molar-refractivity contribution in [1.29, 1.82) is 0 Å². The van der Waals surface area contributed by atoms with Crippen molar-refractivity contribution in [2.45, 2.75) is 18.4 Å². The van der Waals surface area contributed by atoms with Crippen LogP contribution in [0.3, 0.4) is 0 Å². The van der Waals surface area contributed by atoms with Crippen LogP contribution in [0.1, 0.15) is 28.3 Å². The number of carbonyl (C=O) groups excluding carboxylic acids is 1. The third kappa shape index (κ3) is 2.92. The first-order valence-electron chi connectivity index (χ1n) is 6.99. The fraction of sp³-hybridized carbons (Fsp3) is 0.235. The lowest BCUT2D eigenvalue weighted by Gasteiger charge is -2.09. The van der Waals surface area contributed by atoms with Crippen LogP contribution in [0.4, 0.5) is 4.39 Å². The molecule has 2 aromatic carbocycles. The summed E-state index contributed by atoms with van der Waals surface area (Å²) in [6.07, 6.45) is 0.852. The van der Waals surface area contributed by atoms with Crippen molar-refractivity contribution in [1.82, 2.24) is 5.32 Å². The SMILES string of the molecule is COc1ccccc1C1CC1NC(=O)c1ccc(F)cc1Cl. The molecule has 1 aliphatic carbocycles. The first kappa shape index (κ1) is 14.9. The maximum atomic E-state index is 13.0. The molecule has 0 heterocycles. The highest BCUT2D eigenvalue weighted by molar-refractivity contribution is 6.33. The topological polar surface area (TPSA) is 38.3 Å². The molecule has 0 spiro atoms. The Hall–Kier alpha value is -2.07. The molecule has 2 atom stereocenters. The average Bonchev–Trinajstić information content (AvgIpc) is 3.26.